The van der Waals surface area contributed by atoms with Crippen LogP contribution in [-0.2, 0) is 11.2 Å². The molecule has 1 heterocycles. The summed E-state index contributed by atoms with van der Waals surface area (Å²) in [6, 6.07) is 26.0. The molecule has 0 bridgehead atoms. The van der Waals surface area contributed by atoms with Crippen molar-refractivity contribution in [2.45, 2.75) is 57.7 Å². The fraction of sp³-hybridized carbons (Fsp3) is 0.375. The van der Waals surface area contributed by atoms with Crippen LogP contribution in [-0.4, -0.2) is 25.4 Å². The molecule has 1 aliphatic carbocycles. The Bertz CT molecular complexity index is 1150. The minimum Gasteiger partial charge on any atom is -0.494 e. The number of benzene rings is 3. The van der Waals surface area contributed by atoms with Gasteiger partial charge in [0, 0.05) is 12.3 Å². The number of aryl methyl sites for hydroxylation is 1. The summed E-state index contributed by atoms with van der Waals surface area (Å²) in [6.45, 7) is 1.48. The minimum atomic E-state index is -0.130. The summed E-state index contributed by atoms with van der Waals surface area (Å²) in [7, 11) is 0. The summed E-state index contributed by atoms with van der Waals surface area (Å²) in [4.78, 5) is 0. The summed E-state index contributed by atoms with van der Waals surface area (Å²) in [5.41, 5.74) is 7.84. The quantitative estimate of drug-likeness (QED) is 0.217. The second-order valence-corrected chi connectivity index (χ2v) is 9.95. The molecule has 36 heavy (non-hydrogen) atoms. The minimum absolute atomic E-state index is 0.130. The molecule has 3 nitrogen and oxygen atoms in total. The standard InChI is InChI=1S/C32H35ClO3/c33-20-5-7-21-34-27-16-14-25(15-17-27)32-29(24-9-2-1-3-10-24)12-8-11-26-23-28(18-19-30(26)32)36-31-13-4-6-22-35-31/h1-3,9-10,14-19,23,31H,4-8,11-13,20-22H2. The average Bonchev–Trinajstić information content (AvgIpc) is 3.12. The van der Waals surface area contributed by atoms with E-state index in [1.165, 1.54) is 33.4 Å². The van der Waals surface area contributed by atoms with Gasteiger partial charge in [0.25, 0.3) is 0 Å². The fourth-order valence-corrected chi connectivity index (χ4v) is 5.34. The van der Waals surface area contributed by atoms with Gasteiger partial charge in [0.15, 0.2) is 6.29 Å². The van der Waals surface area contributed by atoms with Gasteiger partial charge in [-0.1, -0.05) is 48.5 Å². The van der Waals surface area contributed by atoms with Crippen molar-refractivity contribution in [3.05, 3.63) is 95.1 Å². The predicted octanol–water partition coefficient (Wildman–Crippen LogP) is 8.29. The molecule has 1 saturated heterocycles. The average molecular weight is 503 g/mol. The van der Waals surface area contributed by atoms with E-state index < -0.39 is 0 Å². The van der Waals surface area contributed by atoms with E-state index in [0.29, 0.717) is 12.5 Å². The Hall–Kier alpha value is -2.75. The smallest absolute Gasteiger partial charge is 0.199 e. The Morgan fingerprint density at radius 3 is 2.42 bits per heavy atom. The maximum absolute atomic E-state index is 6.22. The van der Waals surface area contributed by atoms with E-state index >= 15 is 0 Å². The number of alkyl halides is 1. The van der Waals surface area contributed by atoms with Gasteiger partial charge in [-0.05, 0) is 103 Å². The molecular formula is C32H35ClO3. The van der Waals surface area contributed by atoms with Crippen LogP contribution in [0.4, 0.5) is 0 Å². The third-order valence-electron chi connectivity index (χ3n) is 6.99. The maximum atomic E-state index is 6.22. The molecule has 5 rings (SSSR count). The van der Waals surface area contributed by atoms with Crippen molar-refractivity contribution in [2.24, 2.45) is 0 Å². The van der Waals surface area contributed by atoms with E-state index in [2.05, 4.69) is 72.8 Å². The highest BCUT2D eigenvalue weighted by molar-refractivity contribution is 6.17. The highest BCUT2D eigenvalue weighted by atomic mass is 35.5. The van der Waals surface area contributed by atoms with Crippen molar-refractivity contribution in [3.8, 4) is 11.5 Å². The van der Waals surface area contributed by atoms with Gasteiger partial charge in [-0.25, -0.2) is 0 Å². The second-order valence-electron chi connectivity index (χ2n) is 9.57. The van der Waals surface area contributed by atoms with E-state index in [-0.39, 0.29) is 6.29 Å². The van der Waals surface area contributed by atoms with Gasteiger partial charge in [-0.15, -0.1) is 11.6 Å². The summed E-state index contributed by atoms with van der Waals surface area (Å²) in [5.74, 6) is 2.49. The molecule has 4 heteroatoms. The third-order valence-corrected chi connectivity index (χ3v) is 7.26. The fourth-order valence-electron chi connectivity index (χ4n) is 5.16. The highest BCUT2D eigenvalue weighted by Gasteiger charge is 2.22. The van der Waals surface area contributed by atoms with Crippen molar-refractivity contribution < 1.29 is 14.2 Å². The van der Waals surface area contributed by atoms with Crippen LogP contribution in [0, 0.1) is 0 Å². The number of halogens is 1. The summed E-state index contributed by atoms with van der Waals surface area (Å²) >= 11 is 5.79. The van der Waals surface area contributed by atoms with Crippen molar-refractivity contribution in [1.29, 1.82) is 0 Å². The van der Waals surface area contributed by atoms with E-state index in [0.717, 1.165) is 69.5 Å². The van der Waals surface area contributed by atoms with Crippen molar-refractivity contribution in [3.63, 3.8) is 0 Å². The number of allylic oxidation sites excluding steroid dienone is 1. The van der Waals surface area contributed by atoms with Crippen LogP contribution in [0.3, 0.4) is 0 Å². The lowest BCUT2D eigenvalue weighted by Crippen LogP contribution is -2.25. The van der Waals surface area contributed by atoms with Gasteiger partial charge in [0.05, 0.1) is 13.2 Å². The van der Waals surface area contributed by atoms with Gasteiger partial charge in [-0.2, -0.15) is 0 Å². The van der Waals surface area contributed by atoms with Gasteiger partial charge in [-0.3, -0.25) is 0 Å². The molecule has 2 aliphatic rings. The number of ether oxygens (including phenoxy) is 3. The Morgan fingerprint density at radius 2 is 1.64 bits per heavy atom. The van der Waals surface area contributed by atoms with Crippen LogP contribution in [0.2, 0.25) is 0 Å². The molecule has 0 aromatic heterocycles. The first-order valence-corrected chi connectivity index (χ1v) is 13.8. The molecule has 0 spiro atoms. The molecule has 0 radical (unpaired) electrons. The summed E-state index contributed by atoms with van der Waals surface area (Å²) in [5, 5.41) is 0. The molecule has 1 aliphatic heterocycles. The van der Waals surface area contributed by atoms with Gasteiger partial charge in [0.2, 0.25) is 0 Å². The molecule has 0 amide bonds. The van der Waals surface area contributed by atoms with Gasteiger partial charge < -0.3 is 14.2 Å². The first-order valence-electron chi connectivity index (χ1n) is 13.3. The number of hydrogen-bond donors (Lipinski definition) is 0. The van der Waals surface area contributed by atoms with Crippen molar-refractivity contribution >= 4 is 22.7 Å². The van der Waals surface area contributed by atoms with E-state index in [9.17, 15) is 0 Å². The van der Waals surface area contributed by atoms with Crippen LogP contribution in [0.15, 0.2) is 72.8 Å². The zero-order valence-electron chi connectivity index (χ0n) is 20.9. The Balaban J connectivity index is 1.48. The Kier molecular flexibility index (Phi) is 8.63. The lowest BCUT2D eigenvalue weighted by Gasteiger charge is -2.24. The molecule has 1 fully saturated rings. The lowest BCUT2D eigenvalue weighted by molar-refractivity contribution is -0.105. The van der Waals surface area contributed by atoms with Crippen molar-refractivity contribution in [2.75, 3.05) is 19.1 Å². The number of rotatable bonds is 9. The Morgan fingerprint density at radius 1 is 0.806 bits per heavy atom. The highest BCUT2D eigenvalue weighted by Crippen LogP contribution is 2.41. The van der Waals surface area contributed by atoms with Crippen LogP contribution in [0.5, 0.6) is 11.5 Å². The largest absolute Gasteiger partial charge is 0.494 e. The summed E-state index contributed by atoms with van der Waals surface area (Å²) < 4.78 is 18.0. The molecular weight excluding hydrogens is 468 g/mol. The maximum Gasteiger partial charge on any atom is 0.199 e. The van der Waals surface area contributed by atoms with Gasteiger partial charge in [0.1, 0.15) is 11.5 Å². The van der Waals surface area contributed by atoms with E-state index in [1.807, 2.05) is 0 Å². The number of hydrogen-bond acceptors (Lipinski definition) is 3. The van der Waals surface area contributed by atoms with E-state index in [1.54, 1.807) is 0 Å². The third kappa shape index (κ3) is 6.14. The topological polar surface area (TPSA) is 27.7 Å². The first-order chi connectivity index (χ1) is 17.8. The molecule has 0 saturated carbocycles. The Labute approximate surface area is 220 Å². The summed E-state index contributed by atoms with van der Waals surface area (Å²) in [6.07, 6.45) is 8.22. The zero-order chi connectivity index (χ0) is 24.6. The van der Waals surface area contributed by atoms with Crippen molar-refractivity contribution in [1.82, 2.24) is 0 Å². The molecule has 188 valence electrons. The predicted molar refractivity (Wildman–Crippen MR) is 148 cm³/mol. The van der Waals surface area contributed by atoms with Gasteiger partial charge >= 0.3 is 0 Å². The monoisotopic (exact) mass is 502 g/mol. The van der Waals surface area contributed by atoms with Crippen LogP contribution in [0.1, 0.15) is 67.2 Å². The zero-order valence-corrected chi connectivity index (χ0v) is 21.6. The van der Waals surface area contributed by atoms with E-state index in [4.69, 9.17) is 25.8 Å². The molecule has 0 N–H and O–H groups in total. The molecule has 3 aromatic rings. The number of unbranched alkanes of at least 4 members (excludes halogenated alkanes) is 1. The van der Waals surface area contributed by atoms with Crippen LogP contribution < -0.4 is 9.47 Å². The SMILES string of the molecule is ClCCCCOc1ccc(C2=C(c3ccccc3)CCCc3cc(OC4CCCCO4)ccc32)cc1. The number of fused-ring (bicyclic) bond motifs is 1. The first kappa shape index (κ1) is 24.9. The van der Waals surface area contributed by atoms with Crippen LogP contribution >= 0.6 is 11.6 Å². The molecule has 1 atom stereocenters. The second kappa shape index (κ2) is 12.5. The lowest BCUT2D eigenvalue weighted by atomic mass is 9.88. The molecule has 3 aromatic carbocycles. The van der Waals surface area contributed by atoms with Crippen LogP contribution in [0.25, 0.3) is 11.1 Å². The normalized spacial score (nSPS) is 17.9. The molecule has 1 unspecified atom stereocenters.